The van der Waals surface area contributed by atoms with Gasteiger partial charge in [-0.25, -0.2) is 8.42 Å². The standard InChI is InChI=1S/C9H17NO4S/c1-14-9(11)6-15(12,13)8-4-2-7(10)3-5-8/h7-8H,2-6,10H2,1H3. The Morgan fingerprint density at radius 3 is 2.33 bits per heavy atom. The molecule has 0 saturated heterocycles. The van der Waals surface area contributed by atoms with Crippen LogP contribution >= 0.6 is 0 Å². The maximum Gasteiger partial charge on any atom is 0.320 e. The molecule has 1 fully saturated rings. The van der Waals surface area contributed by atoms with Gasteiger partial charge in [-0.1, -0.05) is 0 Å². The Bertz CT molecular complexity index is 317. The molecule has 88 valence electrons. The molecule has 1 rings (SSSR count). The van der Waals surface area contributed by atoms with Crippen LogP contribution in [-0.4, -0.2) is 38.5 Å². The van der Waals surface area contributed by atoms with Gasteiger partial charge in [-0.15, -0.1) is 0 Å². The van der Waals surface area contributed by atoms with Crippen LogP contribution in [0.4, 0.5) is 0 Å². The third-order valence-electron chi connectivity index (χ3n) is 2.77. The molecule has 2 N–H and O–H groups in total. The zero-order chi connectivity index (χ0) is 11.5. The lowest BCUT2D eigenvalue weighted by atomic mass is 9.96. The fourth-order valence-electron chi connectivity index (χ4n) is 1.79. The van der Waals surface area contributed by atoms with Crippen LogP contribution in [0.2, 0.25) is 0 Å². The van der Waals surface area contributed by atoms with Crippen LogP contribution in [0, 0.1) is 0 Å². The highest BCUT2D eigenvalue weighted by atomic mass is 32.2. The molecule has 0 heterocycles. The minimum Gasteiger partial charge on any atom is -0.468 e. The van der Waals surface area contributed by atoms with Crippen molar-refractivity contribution in [1.82, 2.24) is 0 Å². The van der Waals surface area contributed by atoms with Gasteiger partial charge < -0.3 is 10.5 Å². The predicted octanol–water partition coefficient (Wildman–Crippen LogP) is -0.156. The third kappa shape index (κ3) is 3.46. The molecule has 0 spiro atoms. The predicted molar refractivity (Wildman–Crippen MR) is 56.0 cm³/mol. The summed E-state index contributed by atoms with van der Waals surface area (Å²) in [6, 6.07) is 0.106. The second-order valence-corrected chi connectivity index (χ2v) is 6.20. The van der Waals surface area contributed by atoms with Gasteiger partial charge in [0.05, 0.1) is 12.4 Å². The second-order valence-electron chi connectivity index (χ2n) is 3.92. The number of hydrogen-bond acceptors (Lipinski definition) is 5. The van der Waals surface area contributed by atoms with Crippen molar-refractivity contribution < 1.29 is 17.9 Å². The summed E-state index contributed by atoms with van der Waals surface area (Å²) < 4.78 is 27.8. The van der Waals surface area contributed by atoms with Crippen molar-refractivity contribution in [2.45, 2.75) is 37.0 Å². The van der Waals surface area contributed by atoms with Crippen molar-refractivity contribution in [2.75, 3.05) is 12.9 Å². The molecule has 1 saturated carbocycles. The van der Waals surface area contributed by atoms with Gasteiger partial charge in [-0.05, 0) is 25.7 Å². The number of nitrogens with two attached hydrogens (primary N) is 1. The zero-order valence-corrected chi connectivity index (χ0v) is 9.63. The molecule has 0 bridgehead atoms. The van der Waals surface area contributed by atoms with Crippen LogP contribution in [0.5, 0.6) is 0 Å². The van der Waals surface area contributed by atoms with Gasteiger partial charge >= 0.3 is 5.97 Å². The van der Waals surface area contributed by atoms with Gasteiger partial charge in [-0.3, -0.25) is 4.79 Å². The van der Waals surface area contributed by atoms with Gasteiger partial charge in [0.25, 0.3) is 0 Å². The second kappa shape index (κ2) is 4.94. The van der Waals surface area contributed by atoms with Crippen LogP contribution in [-0.2, 0) is 19.4 Å². The van der Waals surface area contributed by atoms with Crippen LogP contribution in [0.15, 0.2) is 0 Å². The summed E-state index contributed by atoms with van der Waals surface area (Å²) in [5.74, 6) is -1.20. The number of methoxy groups -OCH3 is 1. The number of sulfone groups is 1. The van der Waals surface area contributed by atoms with Gasteiger partial charge in [0.15, 0.2) is 9.84 Å². The SMILES string of the molecule is COC(=O)CS(=O)(=O)C1CCC(N)CC1. The Morgan fingerprint density at radius 1 is 1.33 bits per heavy atom. The highest BCUT2D eigenvalue weighted by Gasteiger charge is 2.31. The fraction of sp³-hybridized carbons (Fsp3) is 0.889. The molecule has 0 aromatic carbocycles. The van der Waals surface area contributed by atoms with E-state index in [2.05, 4.69) is 4.74 Å². The molecule has 0 aliphatic heterocycles. The lowest BCUT2D eigenvalue weighted by molar-refractivity contribution is -0.137. The quantitative estimate of drug-likeness (QED) is 0.687. The first-order valence-electron chi connectivity index (χ1n) is 4.99. The number of carbonyl (C=O) groups is 1. The first-order valence-corrected chi connectivity index (χ1v) is 6.71. The Balaban J connectivity index is 2.58. The molecule has 1 aliphatic rings. The molecule has 6 heteroatoms. The lowest BCUT2D eigenvalue weighted by Gasteiger charge is -2.25. The van der Waals surface area contributed by atoms with E-state index in [1.165, 1.54) is 7.11 Å². The monoisotopic (exact) mass is 235 g/mol. The van der Waals surface area contributed by atoms with Crippen LogP contribution < -0.4 is 5.73 Å². The maximum atomic E-state index is 11.7. The van der Waals surface area contributed by atoms with Crippen molar-refractivity contribution in [2.24, 2.45) is 5.73 Å². The van der Waals surface area contributed by atoms with Crippen molar-refractivity contribution in [3.8, 4) is 0 Å². The first kappa shape index (κ1) is 12.4. The molecule has 0 aromatic rings. The van der Waals surface area contributed by atoms with E-state index < -0.39 is 26.8 Å². The average Bonchev–Trinajstić information content (AvgIpc) is 2.17. The maximum absolute atomic E-state index is 11.7. The smallest absolute Gasteiger partial charge is 0.320 e. The van der Waals surface area contributed by atoms with E-state index >= 15 is 0 Å². The van der Waals surface area contributed by atoms with Gasteiger partial charge in [-0.2, -0.15) is 0 Å². The molecule has 0 unspecified atom stereocenters. The molecule has 0 aromatic heterocycles. The topological polar surface area (TPSA) is 86.5 Å². The van der Waals surface area contributed by atoms with Crippen LogP contribution in [0.1, 0.15) is 25.7 Å². The van der Waals surface area contributed by atoms with Crippen LogP contribution in [0.3, 0.4) is 0 Å². The average molecular weight is 235 g/mol. The number of hydrogen-bond donors (Lipinski definition) is 1. The molecule has 15 heavy (non-hydrogen) atoms. The van der Waals surface area contributed by atoms with E-state index in [9.17, 15) is 13.2 Å². The molecule has 0 atom stereocenters. The van der Waals surface area contributed by atoms with E-state index in [4.69, 9.17) is 5.73 Å². The number of esters is 1. The molecular weight excluding hydrogens is 218 g/mol. The summed E-state index contributed by atoms with van der Waals surface area (Å²) in [5, 5.41) is -0.420. The molecule has 1 aliphatic carbocycles. The highest BCUT2D eigenvalue weighted by Crippen LogP contribution is 2.23. The Morgan fingerprint density at radius 2 is 1.87 bits per heavy atom. The highest BCUT2D eigenvalue weighted by molar-refractivity contribution is 7.92. The summed E-state index contributed by atoms with van der Waals surface area (Å²) in [5.41, 5.74) is 5.68. The molecule has 0 radical (unpaired) electrons. The fourth-order valence-corrected chi connectivity index (χ4v) is 3.46. The Kier molecular flexibility index (Phi) is 4.10. The van der Waals surface area contributed by atoms with Crippen molar-refractivity contribution in [3.63, 3.8) is 0 Å². The zero-order valence-electron chi connectivity index (χ0n) is 8.81. The van der Waals surface area contributed by atoms with Gasteiger partial charge in [0.1, 0.15) is 5.75 Å². The molecular formula is C9H17NO4S. The van der Waals surface area contributed by atoms with E-state index in [0.29, 0.717) is 25.7 Å². The molecule has 0 amide bonds. The minimum absolute atomic E-state index is 0.106. The van der Waals surface area contributed by atoms with Crippen molar-refractivity contribution in [1.29, 1.82) is 0 Å². The van der Waals surface area contributed by atoms with E-state index in [-0.39, 0.29) is 6.04 Å². The minimum atomic E-state index is -3.35. The summed E-state index contributed by atoms with van der Waals surface area (Å²) >= 11 is 0. The summed E-state index contributed by atoms with van der Waals surface area (Å²) in [7, 11) is -2.16. The Hall–Kier alpha value is -0.620. The number of carbonyl (C=O) groups excluding carboxylic acids is 1. The largest absolute Gasteiger partial charge is 0.468 e. The van der Waals surface area contributed by atoms with E-state index in [1.807, 2.05) is 0 Å². The number of rotatable bonds is 3. The number of ether oxygens (including phenoxy) is 1. The summed E-state index contributed by atoms with van der Waals surface area (Å²) in [4.78, 5) is 10.9. The van der Waals surface area contributed by atoms with E-state index in [1.54, 1.807) is 0 Å². The normalized spacial score (nSPS) is 27.3. The van der Waals surface area contributed by atoms with E-state index in [0.717, 1.165) is 0 Å². The van der Waals surface area contributed by atoms with Gasteiger partial charge in [0.2, 0.25) is 0 Å². The Labute approximate surface area is 89.9 Å². The molecule has 5 nitrogen and oxygen atoms in total. The van der Waals surface area contributed by atoms with Crippen molar-refractivity contribution in [3.05, 3.63) is 0 Å². The van der Waals surface area contributed by atoms with Crippen molar-refractivity contribution >= 4 is 15.8 Å². The lowest BCUT2D eigenvalue weighted by Crippen LogP contribution is -2.36. The summed E-state index contributed by atoms with van der Waals surface area (Å²) in [6.45, 7) is 0. The summed E-state index contributed by atoms with van der Waals surface area (Å²) in [6.07, 6.45) is 2.54. The van der Waals surface area contributed by atoms with Crippen LogP contribution in [0.25, 0.3) is 0 Å². The third-order valence-corrected chi connectivity index (χ3v) is 4.90. The van der Waals surface area contributed by atoms with Gasteiger partial charge in [0, 0.05) is 6.04 Å². The first-order chi connectivity index (χ1) is 6.95.